The summed E-state index contributed by atoms with van der Waals surface area (Å²) in [5.41, 5.74) is 0.824. The molecule has 172 valence electrons. The summed E-state index contributed by atoms with van der Waals surface area (Å²) in [6, 6.07) is 0. The Morgan fingerprint density at radius 3 is 2.83 bits per heavy atom. The molecule has 0 aromatic carbocycles. The molecule has 0 radical (unpaired) electrons. The summed E-state index contributed by atoms with van der Waals surface area (Å²) in [5, 5.41) is 32.6. The highest BCUT2D eigenvalue weighted by molar-refractivity contribution is 5.75. The van der Waals surface area contributed by atoms with Gasteiger partial charge in [-0.05, 0) is 70.1 Å². The van der Waals surface area contributed by atoms with Crippen molar-refractivity contribution in [2.24, 2.45) is 17.8 Å². The molecule has 2 aliphatic rings. The third-order valence-electron chi connectivity index (χ3n) is 6.74. The smallest absolute Gasteiger partial charge is 0.219 e. The van der Waals surface area contributed by atoms with E-state index in [9.17, 15) is 15.0 Å². The van der Waals surface area contributed by atoms with E-state index in [0.29, 0.717) is 37.6 Å². The Hall–Kier alpha value is -1.17. The number of hydrogen-bond acceptors (Lipinski definition) is 4. The van der Waals surface area contributed by atoms with Crippen LogP contribution < -0.4 is 5.32 Å². The van der Waals surface area contributed by atoms with Gasteiger partial charge in [0.25, 0.3) is 0 Å². The third kappa shape index (κ3) is 8.16. The van der Waals surface area contributed by atoms with Crippen LogP contribution in [0.1, 0.15) is 84.5 Å². The lowest BCUT2D eigenvalue weighted by Gasteiger charge is -2.22. The lowest BCUT2D eigenvalue weighted by Crippen LogP contribution is -2.24. The van der Waals surface area contributed by atoms with Crippen molar-refractivity contribution in [2.75, 3.05) is 13.2 Å². The van der Waals surface area contributed by atoms with E-state index in [0.717, 1.165) is 51.4 Å². The molecule has 5 nitrogen and oxygen atoms in total. The van der Waals surface area contributed by atoms with Crippen molar-refractivity contribution in [1.82, 2.24) is 5.32 Å². The van der Waals surface area contributed by atoms with Crippen molar-refractivity contribution < 1.29 is 20.1 Å². The van der Waals surface area contributed by atoms with Gasteiger partial charge in [0.15, 0.2) is 0 Å². The maximum atomic E-state index is 11.7. The fourth-order valence-corrected chi connectivity index (χ4v) is 4.96. The van der Waals surface area contributed by atoms with E-state index in [1.807, 2.05) is 6.92 Å². The van der Waals surface area contributed by atoms with Gasteiger partial charge >= 0.3 is 0 Å². The van der Waals surface area contributed by atoms with Crippen molar-refractivity contribution in [3.63, 3.8) is 0 Å². The van der Waals surface area contributed by atoms with Gasteiger partial charge in [0, 0.05) is 25.5 Å². The highest BCUT2D eigenvalue weighted by Crippen LogP contribution is 2.48. The molecule has 5 atom stereocenters. The summed E-state index contributed by atoms with van der Waals surface area (Å²) in [6.07, 6.45) is 15.9. The van der Waals surface area contributed by atoms with Crippen LogP contribution in [0, 0.1) is 17.8 Å². The van der Waals surface area contributed by atoms with Crippen molar-refractivity contribution >= 4 is 5.91 Å². The van der Waals surface area contributed by atoms with Crippen LogP contribution in [0.4, 0.5) is 0 Å². The number of aliphatic hydroxyl groups excluding tert-OH is 2. The van der Waals surface area contributed by atoms with Crippen LogP contribution in [-0.2, 0) is 4.79 Å². The van der Waals surface area contributed by atoms with Crippen molar-refractivity contribution in [3.05, 3.63) is 23.8 Å². The molecule has 0 heterocycles. The average Bonchev–Trinajstić information content (AvgIpc) is 3.21. The summed E-state index contributed by atoms with van der Waals surface area (Å²) < 4.78 is 0. The van der Waals surface area contributed by atoms with Gasteiger partial charge in [0.1, 0.15) is 0 Å². The average molecular weight is 422 g/mol. The first-order valence-corrected chi connectivity index (χ1v) is 12.0. The molecule has 2 rings (SSSR count). The molecule has 0 unspecified atom stereocenters. The molecule has 0 aromatic rings. The van der Waals surface area contributed by atoms with E-state index in [1.165, 1.54) is 5.57 Å². The number of carbonyl (C=O) groups excluding carboxylic acids is 1. The number of unbranched alkanes of at least 4 members (excludes halogenated alkanes) is 2. The number of rotatable bonds is 14. The molecule has 5 heteroatoms. The predicted octanol–water partition coefficient (Wildman–Crippen LogP) is 3.88. The zero-order chi connectivity index (χ0) is 22.0. The van der Waals surface area contributed by atoms with E-state index in [4.69, 9.17) is 5.11 Å². The SMILES string of the molecule is CCCC[C@](C)(O)CC=C[C@@H]1[C@H]2CC(CCCCC(=O)NCCCO)=C[C@H]2C[C@H]1O. The predicted molar refractivity (Wildman–Crippen MR) is 121 cm³/mol. The standard InChI is InChI=1S/C25H43NO4/c1-3-4-12-25(2,30)13-7-10-21-22-17-19(16-20(22)18-23(21)28)9-5-6-11-24(29)26-14-8-15-27/h7,10,16,20-23,27-28,30H,3-6,8-9,11-15,17-18H2,1-2H3,(H,26,29)/t20-,21+,22-,23+,25-/m0/s1. The minimum atomic E-state index is -0.654. The van der Waals surface area contributed by atoms with Gasteiger partial charge in [-0.25, -0.2) is 0 Å². The Kier molecular flexibility index (Phi) is 10.6. The number of fused-ring (bicyclic) bond motifs is 1. The van der Waals surface area contributed by atoms with Gasteiger partial charge in [-0.3, -0.25) is 4.79 Å². The summed E-state index contributed by atoms with van der Waals surface area (Å²) in [7, 11) is 0. The first-order valence-electron chi connectivity index (χ1n) is 12.0. The van der Waals surface area contributed by atoms with E-state index >= 15 is 0 Å². The highest BCUT2D eigenvalue weighted by Gasteiger charge is 2.43. The first kappa shape index (κ1) is 25.1. The molecule has 0 spiro atoms. The fraction of sp³-hybridized carbons (Fsp3) is 0.800. The second kappa shape index (κ2) is 12.6. The van der Waals surface area contributed by atoms with Gasteiger partial charge in [0.05, 0.1) is 11.7 Å². The van der Waals surface area contributed by atoms with Crippen molar-refractivity contribution in [1.29, 1.82) is 0 Å². The van der Waals surface area contributed by atoms with Crippen LogP contribution in [0.25, 0.3) is 0 Å². The minimum Gasteiger partial charge on any atom is -0.396 e. The summed E-state index contributed by atoms with van der Waals surface area (Å²) in [4.78, 5) is 11.7. The fourth-order valence-electron chi connectivity index (χ4n) is 4.96. The van der Waals surface area contributed by atoms with Crippen molar-refractivity contribution in [2.45, 2.75) is 96.2 Å². The van der Waals surface area contributed by atoms with Crippen LogP contribution in [0.3, 0.4) is 0 Å². The van der Waals surface area contributed by atoms with Crippen LogP contribution in [0.15, 0.2) is 23.8 Å². The summed E-state index contributed by atoms with van der Waals surface area (Å²) >= 11 is 0. The van der Waals surface area contributed by atoms with E-state index in [-0.39, 0.29) is 24.5 Å². The van der Waals surface area contributed by atoms with Crippen LogP contribution >= 0.6 is 0 Å². The topological polar surface area (TPSA) is 89.8 Å². The van der Waals surface area contributed by atoms with Gasteiger partial charge in [-0.15, -0.1) is 0 Å². The third-order valence-corrected chi connectivity index (χ3v) is 6.74. The van der Waals surface area contributed by atoms with E-state index in [2.05, 4.69) is 30.5 Å². The lowest BCUT2D eigenvalue weighted by molar-refractivity contribution is -0.121. The summed E-state index contributed by atoms with van der Waals surface area (Å²) in [5.74, 6) is 1.20. The molecular formula is C25H43NO4. The molecular weight excluding hydrogens is 378 g/mol. The Bertz CT molecular complexity index is 584. The normalized spacial score (nSPS) is 27.8. The van der Waals surface area contributed by atoms with Gasteiger partial charge < -0.3 is 20.6 Å². The molecule has 4 N–H and O–H groups in total. The van der Waals surface area contributed by atoms with E-state index < -0.39 is 5.60 Å². The number of aliphatic hydroxyl groups is 3. The molecule has 0 aliphatic heterocycles. The Morgan fingerprint density at radius 1 is 1.30 bits per heavy atom. The second-order valence-corrected chi connectivity index (χ2v) is 9.60. The van der Waals surface area contributed by atoms with Gasteiger partial charge in [-0.1, -0.05) is 43.6 Å². The summed E-state index contributed by atoms with van der Waals surface area (Å²) in [6.45, 7) is 4.71. The molecule has 0 aromatic heterocycles. The number of hydrogen-bond donors (Lipinski definition) is 4. The Labute approximate surface area is 182 Å². The Balaban J connectivity index is 1.71. The van der Waals surface area contributed by atoms with Crippen LogP contribution in [0.2, 0.25) is 0 Å². The largest absolute Gasteiger partial charge is 0.396 e. The van der Waals surface area contributed by atoms with Crippen LogP contribution in [0.5, 0.6) is 0 Å². The van der Waals surface area contributed by atoms with Gasteiger partial charge in [0.2, 0.25) is 5.91 Å². The molecule has 2 aliphatic carbocycles. The molecule has 0 bridgehead atoms. The maximum absolute atomic E-state index is 11.7. The maximum Gasteiger partial charge on any atom is 0.219 e. The van der Waals surface area contributed by atoms with Crippen LogP contribution in [-0.4, -0.2) is 46.1 Å². The zero-order valence-corrected chi connectivity index (χ0v) is 19.0. The number of nitrogens with one attached hydrogen (secondary N) is 1. The molecule has 1 amide bonds. The molecule has 30 heavy (non-hydrogen) atoms. The van der Waals surface area contributed by atoms with Gasteiger partial charge in [-0.2, -0.15) is 0 Å². The molecule has 1 fully saturated rings. The highest BCUT2D eigenvalue weighted by atomic mass is 16.3. The lowest BCUT2D eigenvalue weighted by atomic mass is 9.87. The van der Waals surface area contributed by atoms with E-state index in [1.54, 1.807) is 0 Å². The monoisotopic (exact) mass is 421 g/mol. The molecule has 0 saturated heterocycles. The minimum absolute atomic E-state index is 0.0730. The number of allylic oxidation sites excluding steroid dienone is 2. The number of amides is 1. The Morgan fingerprint density at radius 2 is 2.10 bits per heavy atom. The quantitative estimate of drug-likeness (QED) is 0.253. The first-order chi connectivity index (χ1) is 14.4. The van der Waals surface area contributed by atoms with Crippen molar-refractivity contribution in [3.8, 4) is 0 Å². The number of carbonyl (C=O) groups is 1. The second-order valence-electron chi connectivity index (χ2n) is 9.60. The zero-order valence-electron chi connectivity index (χ0n) is 19.0. The molecule has 1 saturated carbocycles.